The van der Waals surface area contributed by atoms with Gasteiger partial charge in [0.2, 0.25) is 5.91 Å². The lowest BCUT2D eigenvalue weighted by atomic mass is 10.0. The average molecular weight is 697 g/mol. The van der Waals surface area contributed by atoms with Gasteiger partial charge in [0.05, 0.1) is 18.6 Å². The molecule has 0 atom stereocenters. The number of para-hydroxylation sites is 1. The molecule has 248 valence electrons. The van der Waals surface area contributed by atoms with Gasteiger partial charge < -0.3 is 20.7 Å². The second-order valence-corrected chi connectivity index (χ2v) is 12.8. The van der Waals surface area contributed by atoms with Gasteiger partial charge in [0.15, 0.2) is 5.13 Å². The topological polar surface area (TPSA) is 109 Å². The number of thiazole rings is 1. The fourth-order valence-electron chi connectivity index (χ4n) is 4.99. The van der Waals surface area contributed by atoms with E-state index in [4.69, 9.17) is 4.74 Å². The highest BCUT2D eigenvalue weighted by Gasteiger charge is 2.16. The van der Waals surface area contributed by atoms with Crippen molar-refractivity contribution in [3.63, 3.8) is 0 Å². The molecule has 0 saturated carbocycles. The maximum atomic E-state index is 13.6. The minimum Gasteiger partial charge on any atom is -0.496 e. The number of ether oxygens (including phenoxy) is 1. The van der Waals surface area contributed by atoms with E-state index in [0.717, 1.165) is 32.8 Å². The summed E-state index contributed by atoms with van der Waals surface area (Å²) in [4.78, 5) is 44.8. The van der Waals surface area contributed by atoms with Crippen LogP contribution in [0.25, 0.3) is 28.5 Å². The molecule has 50 heavy (non-hydrogen) atoms. The number of carbonyl (C=O) groups is 3. The smallest absolute Gasteiger partial charge is 0.272 e. The largest absolute Gasteiger partial charge is 0.496 e. The lowest BCUT2D eigenvalue weighted by Gasteiger charge is -2.12. The van der Waals surface area contributed by atoms with Crippen LogP contribution < -0.4 is 20.7 Å². The van der Waals surface area contributed by atoms with Crippen LogP contribution in [0.5, 0.6) is 5.75 Å². The van der Waals surface area contributed by atoms with Gasteiger partial charge in [-0.25, -0.2) is 4.98 Å². The molecular formula is C40H32N4O4S2. The summed E-state index contributed by atoms with van der Waals surface area (Å²) < 4.78 is 5.43. The number of thioether (sulfide) groups is 1. The summed E-state index contributed by atoms with van der Waals surface area (Å²) in [5.74, 6) is -0.262. The molecule has 5 aromatic carbocycles. The summed E-state index contributed by atoms with van der Waals surface area (Å²) >= 11 is 2.66. The van der Waals surface area contributed by atoms with Crippen molar-refractivity contribution in [2.45, 2.75) is 4.90 Å². The minimum atomic E-state index is -0.490. The van der Waals surface area contributed by atoms with Crippen molar-refractivity contribution in [1.82, 2.24) is 10.3 Å². The number of methoxy groups -OCH3 is 1. The summed E-state index contributed by atoms with van der Waals surface area (Å²) in [7, 11) is 1.61. The molecule has 0 aliphatic carbocycles. The van der Waals surface area contributed by atoms with Crippen molar-refractivity contribution in [1.29, 1.82) is 0 Å². The Hall–Kier alpha value is -5.97. The Bertz CT molecular complexity index is 2130. The first-order chi connectivity index (χ1) is 24.4. The summed E-state index contributed by atoms with van der Waals surface area (Å²) in [5, 5.41) is 10.9. The van der Waals surface area contributed by atoms with Crippen molar-refractivity contribution in [3.05, 3.63) is 156 Å². The van der Waals surface area contributed by atoms with Gasteiger partial charge in [-0.05, 0) is 65.2 Å². The molecule has 10 heteroatoms. The highest BCUT2D eigenvalue weighted by molar-refractivity contribution is 8.00. The average Bonchev–Trinajstić information content (AvgIpc) is 3.63. The third-order valence-electron chi connectivity index (χ3n) is 7.45. The van der Waals surface area contributed by atoms with E-state index in [0.29, 0.717) is 22.1 Å². The summed E-state index contributed by atoms with van der Waals surface area (Å²) in [5.41, 5.74) is 5.45. The molecule has 8 nitrogen and oxygen atoms in total. The fourth-order valence-corrected chi connectivity index (χ4v) is 6.47. The van der Waals surface area contributed by atoms with Gasteiger partial charge in [0, 0.05) is 27.1 Å². The van der Waals surface area contributed by atoms with Gasteiger partial charge in [-0.15, -0.1) is 23.1 Å². The predicted octanol–water partition coefficient (Wildman–Crippen LogP) is 8.63. The summed E-state index contributed by atoms with van der Waals surface area (Å²) in [6.45, 7) is 0. The molecule has 1 aromatic heterocycles. The van der Waals surface area contributed by atoms with Crippen LogP contribution in [0.3, 0.4) is 0 Å². The monoisotopic (exact) mass is 696 g/mol. The van der Waals surface area contributed by atoms with Crippen LogP contribution in [0, 0.1) is 0 Å². The number of hydrogen-bond donors (Lipinski definition) is 3. The first kappa shape index (κ1) is 33.9. The Morgan fingerprint density at radius 3 is 2.24 bits per heavy atom. The normalized spacial score (nSPS) is 11.0. The first-order valence-electron chi connectivity index (χ1n) is 15.6. The standard InChI is InChI=1S/C40H32N4O4S2/c1-48-36-18-9-8-17-33(36)35-25-50-40(43-35)44-37(45)26-49-32-16-10-15-31(24-32)41-39(47)34(42-38(46)30-13-6-3-7-14-30)23-27-19-21-29(22-20-27)28-11-4-2-5-12-28/h2-25H,26H2,1H3,(H,41,47)(H,42,46)(H,43,44,45)/b34-23+. The van der Waals surface area contributed by atoms with E-state index in [2.05, 4.69) is 20.9 Å². The lowest BCUT2D eigenvalue weighted by molar-refractivity contribution is -0.114. The third-order valence-corrected chi connectivity index (χ3v) is 9.20. The van der Waals surface area contributed by atoms with Gasteiger partial charge in [-0.2, -0.15) is 0 Å². The number of anilines is 2. The number of hydrogen-bond acceptors (Lipinski definition) is 7. The summed E-state index contributed by atoms with van der Waals surface area (Å²) in [6, 6.07) is 41.2. The Morgan fingerprint density at radius 1 is 0.780 bits per heavy atom. The molecule has 0 bridgehead atoms. The number of rotatable bonds is 12. The van der Waals surface area contributed by atoms with Gasteiger partial charge in [-0.1, -0.05) is 91.0 Å². The van der Waals surface area contributed by atoms with Crippen molar-refractivity contribution in [2.75, 3.05) is 23.5 Å². The zero-order valence-corrected chi connectivity index (χ0v) is 28.6. The van der Waals surface area contributed by atoms with Gasteiger partial charge in [0.25, 0.3) is 11.8 Å². The van der Waals surface area contributed by atoms with Crippen LogP contribution in [0.1, 0.15) is 15.9 Å². The Balaban J connectivity index is 1.12. The van der Waals surface area contributed by atoms with Crippen LogP contribution in [0.4, 0.5) is 10.8 Å². The molecular weight excluding hydrogens is 665 g/mol. The Kier molecular flexibility index (Phi) is 11.1. The van der Waals surface area contributed by atoms with E-state index >= 15 is 0 Å². The molecule has 0 radical (unpaired) electrons. The number of nitrogens with one attached hydrogen (secondary N) is 3. The van der Waals surface area contributed by atoms with Crippen LogP contribution in [0.15, 0.2) is 149 Å². The molecule has 0 aliphatic rings. The van der Waals surface area contributed by atoms with E-state index in [1.165, 1.54) is 23.1 Å². The minimum absolute atomic E-state index is 0.0830. The van der Waals surface area contributed by atoms with E-state index in [1.54, 1.807) is 55.7 Å². The van der Waals surface area contributed by atoms with Gasteiger partial charge in [-0.3, -0.25) is 14.4 Å². The fraction of sp³-hybridized carbons (Fsp3) is 0.0500. The Labute approximate surface area is 298 Å². The zero-order chi connectivity index (χ0) is 34.7. The zero-order valence-electron chi connectivity index (χ0n) is 27.0. The number of aromatic nitrogens is 1. The molecule has 0 unspecified atom stereocenters. The van der Waals surface area contributed by atoms with Crippen molar-refractivity contribution in [2.24, 2.45) is 0 Å². The summed E-state index contributed by atoms with van der Waals surface area (Å²) in [6.07, 6.45) is 1.64. The SMILES string of the molecule is COc1ccccc1-c1csc(NC(=O)CSc2cccc(NC(=O)/C(=C\c3ccc(-c4ccccc4)cc3)NC(=O)c3ccccc3)c2)n1. The van der Waals surface area contributed by atoms with E-state index in [-0.39, 0.29) is 17.4 Å². The van der Waals surface area contributed by atoms with E-state index < -0.39 is 11.8 Å². The Morgan fingerprint density at radius 2 is 1.48 bits per heavy atom. The molecule has 0 saturated heterocycles. The van der Waals surface area contributed by atoms with E-state index in [1.807, 2.05) is 96.4 Å². The maximum absolute atomic E-state index is 13.6. The molecule has 6 rings (SSSR count). The highest BCUT2D eigenvalue weighted by atomic mass is 32.2. The van der Waals surface area contributed by atoms with E-state index in [9.17, 15) is 14.4 Å². The highest BCUT2D eigenvalue weighted by Crippen LogP contribution is 2.32. The number of benzene rings is 5. The van der Waals surface area contributed by atoms with Crippen LogP contribution >= 0.6 is 23.1 Å². The molecule has 0 spiro atoms. The van der Waals surface area contributed by atoms with Crippen LogP contribution in [-0.4, -0.2) is 35.6 Å². The molecule has 6 aromatic rings. The molecule has 0 fully saturated rings. The lowest BCUT2D eigenvalue weighted by Crippen LogP contribution is -2.30. The molecule has 0 aliphatic heterocycles. The van der Waals surface area contributed by atoms with Crippen LogP contribution in [-0.2, 0) is 9.59 Å². The number of carbonyl (C=O) groups excluding carboxylic acids is 3. The second-order valence-electron chi connectivity index (χ2n) is 10.9. The number of nitrogens with zero attached hydrogens (tertiary/aromatic N) is 1. The third kappa shape index (κ3) is 8.93. The molecule has 1 heterocycles. The number of amides is 3. The van der Waals surface area contributed by atoms with Crippen molar-refractivity contribution in [3.8, 4) is 28.1 Å². The van der Waals surface area contributed by atoms with Crippen molar-refractivity contribution >= 4 is 57.7 Å². The van der Waals surface area contributed by atoms with Gasteiger partial charge >= 0.3 is 0 Å². The predicted molar refractivity (Wildman–Crippen MR) is 202 cm³/mol. The molecule has 3 N–H and O–H groups in total. The first-order valence-corrected chi connectivity index (χ1v) is 17.5. The second kappa shape index (κ2) is 16.4. The van der Waals surface area contributed by atoms with Crippen molar-refractivity contribution < 1.29 is 19.1 Å². The quantitative estimate of drug-likeness (QED) is 0.0874. The molecule has 3 amide bonds. The maximum Gasteiger partial charge on any atom is 0.272 e. The van der Waals surface area contributed by atoms with Gasteiger partial charge in [0.1, 0.15) is 11.4 Å². The van der Waals surface area contributed by atoms with Crippen LogP contribution in [0.2, 0.25) is 0 Å².